The first-order valence-electron chi connectivity index (χ1n) is 8.88. The molecule has 0 unspecified atom stereocenters. The number of hydrogen-bond donors (Lipinski definition) is 2. The van der Waals surface area contributed by atoms with Crippen molar-refractivity contribution in [3.05, 3.63) is 85.8 Å². The Bertz CT molecular complexity index is 1060. The zero-order valence-corrected chi connectivity index (χ0v) is 19.0. The minimum absolute atomic E-state index is 0.144. The van der Waals surface area contributed by atoms with Gasteiger partial charge >= 0.3 is 5.97 Å². The minimum Gasteiger partial charge on any atom is -0.493 e. The molecule has 2 N–H and O–H groups in total. The highest BCUT2D eigenvalue weighted by molar-refractivity contribution is 9.10. The van der Waals surface area contributed by atoms with Crippen LogP contribution in [0.5, 0.6) is 11.5 Å². The second kappa shape index (κ2) is 10.1. The Hall–Kier alpha value is -2.41. The third kappa shape index (κ3) is 5.39. The molecule has 0 aromatic heterocycles. The first-order chi connectivity index (χ1) is 14.4. The van der Waals surface area contributed by atoms with Gasteiger partial charge in [0.2, 0.25) is 0 Å². The fraction of sp³-hybridized carbons (Fsp3) is 0.136. The van der Waals surface area contributed by atoms with Crippen molar-refractivity contribution >= 4 is 50.8 Å². The van der Waals surface area contributed by atoms with Gasteiger partial charge in [-0.25, -0.2) is 4.79 Å². The van der Waals surface area contributed by atoms with E-state index in [1.54, 1.807) is 25.3 Å². The van der Waals surface area contributed by atoms with Gasteiger partial charge in [0.25, 0.3) is 0 Å². The van der Waals surface area contributed by atoms with Crippen LogP contribution in [0.3, 0.4) is 0 Å². The molecule has 0 aliphatic carbocycles. The lowest BCUT2D eigenvalue weighted by Gasteiger charge is -2.18. The molecule has 0 aliphatic rings. The van der Waals surface area contributed by atoms with E-state index in [1.807, 2.05) is 24.3 Å². The van der Waals surface area contributed by atoms with Crippen molar-refractivity contribution in [1.29, 1.82) is 0 Å². The van der Waals surface area contributed by atoms with E-state index in [-0.39, 0.29) is 5.56 Å². The van der Waals surface area contributed by atoms with Crippen molar-refractivity contribution in [2.75, 3.05) is 12.4 Å². The van der Waals surface area contributed by atoms with Crippen molar-refractivity contribution in [1.82, 2.24) is 0 Å². The summed E-state index contributed by atoms with van der Waals surface area (Å²) in [6.07, 6.45) is 0. The maximum atomic E-state index is 11.2. The summed E-state index contributed by atoms with van der Waals surface area (Å²) in [6.45, 7) is 0.656. The lowest BCUT2D eigenvalue weighted by atomic mass is 10.1. The first kappa shape index (κ1) is 22.3. The lowest BCUT2D eigenvalue weighted by molar-refractivity contribution is 0.0697. The van der Waals surface area contributed by atoms with Gasteiger partial charge in [-0.3, -0.25) is 0 Å². The van der Waals surface area contributed by atoms with E-state index in [0.717, 1.165) is 15.6 Å². The molecular weight excluding hydrogens is 493 g/mol. The van der Waals surface area contributed by atoms with E-state index in [2.05, 4.69) is 21.2 Å². The highest BCUT2D eigenvalue weighted by Gasteiger charge is 2.16. The first-order valence-corrected chi connectivity index (χ1v) is 10.4. The normalized spacial score (nSPS) is 10.5. The smallest absolute Gasteiger partial charge is 0.335 e. The van der Waals surface area contributed by atoms with Crippen LogP contribution in [0.15, 0.2) is 59.1 Å². The molecule has 0 aliphatic heterocycles. The summed E-state index contributed by atoms with van der Waals surface area (Å²) in [4.78, 5) is 11.2. The van der Waals surface area contributed by atoms with Crippen molar-refractivity contribution in [2.45, 2.75) is 13.2 Å². The number of carbonyl (C=O) groups is 1. The standard InChI is InChI=1S/C22H18BrCl2NO4/c1-29-20-9-7-17(23)16(21(20)30-12-13-2-5-15(24)6-3-13)11-26-19-10-14(22(27)28)4-8-18(19)25/h2-10,26H,11-12H2,1H3,(H,27,28). The van der Waals surface area contributed by atoms with Crippen LogP contribution in [0.2, 0.25) is 10.0 Å². The second-order valence-electron chi connectivity index (χ2n) is 6.33. The van der Waals surface area contributed by atoms with Gasteiger partial charge in [0.05, 0.1) is 23.4 Å². The predicted molar refractivity (Wildman–Crippen MR) is 122 cm³/mol. The summed E-state index contributed by atoms with van der Waals surface area (Å²) in [5.41, 5.74) is 2.42. The Morgan fingerprint density at radius 1 is 1.10 bits per heavy atom. The van der Waals surface area contributed by atoms with Gasteiger partial charge in [-0.05, 0) is 48.0 Å². The molecule has 0 spiro atoms. The molecule has 156 valence electrons. The molecule has 3 aromatic rings. The van der Waals surface area contributed by atoms with Gasteiger partial charge in [-0.1, -0.05) is 51.3 Å². The molecular formula is C22H18BrCl2NO4. The molecule has 5 nitrogen and oxygen atoms in total. The quantitative estimate of drug-likeness (QED) is 0.355. The van der Waals surface area contributed by atoms with Gasteiger partial charge in [0.1, 0.15) is 6.61 Å². The molecule has 0 radical (unpaired) electrons. The Labute approximate surface area is 192 Å². The number of benzene rings is 3. The molecule has 0 saturated carbocycles. The monoisotopic (exact) mass is 509 g/mol. The van der Waals surface area contributed by atoms with Gasteiger partial charge in [0.15, 0.2) is 11.5 Å². The van der Waals surface area contributed by atoms with Crippen LogP contribution in [0.25, 0.3) is 0 Å². The van der Waals surface area contributed by atoms with Crippen LogP contribution in [0.1, 0.15) is 21.5 Å². The molecule has 3 aromatic carbocycles. The number of hydrogen-bond acceptors (Lipinski definition) is 4. The van der Waals surface area contributed by atoms with E-state index in [9.17, 15) is 9.90 Å². The molecule has 0 atom stereocenters. The second-order valence-corrected chi connectivity index (χ2v) is 8.02. The third-order valence-electron chi connectivity index (χ3n) is 4.35. The lowest BCUT2D eigenvalue weighted by Crippen LogP contribution is -2.07. The van der Waals surface area contributed by atoms with Gasteiger partial charge in [-0.15, -0.1) is 0 Å². The average molecular weight is 511 g/mol. The number of aromatic carboxylic acids is 1. The Morgan fingerprint density at radius 2 is 1.83 bits per heavy atom. The largest absolute Gasteiger partial charge is 0.493 e. The Kier molecular flexibility index (Phi) is 7.48. The summed E-state index contributed by atoms with van der Waals surface area (Å²) in [5, 5.41) is 13.5. The average Bonchev–Trinajstić information content (AvgIpc) is 2.73. The Balaban J connectivity index is 1.86. The van der Waals surface area contributed by atoms with Crippen LogP contribution >= 0.6 is 39.1 Å². The van der Waals surface area contributed by atoms with Crippen molar-refractivity contribution in [3.63, 3.8) is 0 Å². The topological polar surface area (TPSA) is 67.8 Å². The minimum atomic E-state index is -1.02. The number of rotatable bonds is 8. The van der Waals surface area contributed by atoms with Crippen molar-refractivity contribution in [2.24, 2.45) is 0 Å². The molecule has 0 heterocycles. The SMILES string of the molecule is COc1ccc(Br)c(CNc2cc(C(=O)O)ccc2Cl)c1OCc1ccc(Cl)cc1. The van der Waals surface area contributed by atoms with Crippen LogP contribution in [0.4, 0.5) is 5.69 Å². The number of ether oxygens (including phenoxy) is 2. The fourth-order valence-corrected chi connectivity index (χ4v) is 3.54. The van der Waals surface area contributed by atoms with Crippen LogP contribution in [-0.2, 0) is 13.2 Å². The van der Waals surface area contributed by atoms with E-state index in [1.165, 1.54) is 12.1 Å². The van der Waals surface area contributed by atoms with E-state index < -0.39 is 5.97 Å². The number of methoxy groups -OCH3 is 1. The van der Waals surface area contributed by atoms with Gasteiger partial charge in [0, 0.05) is 21.6 Å². The summed E-state index contributed by atoms with van der Waals surface area (Å²) < 4.78 is 12.4. The number of anilines is 1. The van der Waals surface area contributed by atoms with E-state index in [4.69, 9.17) is 32.7 Å². The number of nitrogens with one attached hydrogen (secondary N) is 1. The molecule has 3 rings (SSSR count). The van der Waals surface area contributed by atoms with Gasteiger partial charge < -0.3 is 19.9 Å². The molecule has 0 saturated heterocycles. The number of halogens is 3. The third-order valence-corrected chi connectivity index (χ3v) is 5.68. The van der Waals surface area contributed by atoms with Crippen molar-refractivity contribution < 1.29 is 19.4 Å². The predicted octanol–water partition coefficient (Wildman–Crippen LogP) is 6.65. The van der Waals surface area contributed by atoms with Crippen LogP contribution < -0.4 is 14.8 Å². The molecule has 0 amide bonds. The van der Waals surface area contributed by atoms with E-state index >= 15 is 0 Å². The summed E-state index contributed by atoms with van der Waals surface area (Å²) in [6, 6.07) is 15.6. The zero-order chi connectivity index (χ0) is 21.7. The van der Waals surface area contributed by atoms with Crippen LogP contribution in [0, 0.1) is 0 Å². The van der Waals surface area contributed by atoms with Crippen molar-refractivity contribution in [3.8, 4) is 11.5 Å². The highest BCUT2D eigenvalue weighted by atomic mass is 79.9. The molecule has 8 heteroatoms. The summed E-state index contributed by atoms with van der Waals surface area (Å²) in [7, 11) is 1.57. The summed E-state index contributed by atoms with van der Waals surface area (Å²) >= 11 is 15.7. The maximum absolute atomic E-state index is 11.2. The molecule has 0 fully saturated rings. The fourth-order valence-electron chi connectivity index (χ4n) is 2.78. The zero-order valence-electron chi connectivity index (χ0n) is 15.9. The van der Waals surface area contributed by atoms with Gasteiger partial charge in [-0.2, -0.15) is 0 Å². The Morgan fingerprint density at radius 3 is 2.50 bits per heavy atom. The summed E-state index contributed by atoms with van der Waals surface area (Å²) in [5.74, 6) is 0.124. The van der Waals surface area contributed by atoms with E-state index in [0.29, 0.717) is 40.4 Å². The molecule has 0 bridgehead atoms. The molecule has 30 heavy (non-hydrogen) atoms. The number of carboxylic acids is 1. The highest BCUT2D eigenvalue weighted by Crippen LogP contribution is 2.38. The van der Waals surface area contributed by atoms with Crippen LogP contribution in [-0.4, -0.2) is 18.2 Å². The maximum Gasteiger partial charge on any atom is 0.335 e. The number of carboxylic acid groups (broad SMARTS) is 1.